The number of imidazole rings is 1. The standard InChI is InChI=1S/C50H45N3/c1-29(2)37-24-33(32-15-10-9-11-16-32)25-38(30(3)4)47(37)53-45-20-13-12-19-44(45)52-48(53)36-18-14-17-35-40-27-42-39(26-43(40)50(7,8)46(35)36)34-22-21-31(28-51)23-41(34)49(42,5)6/h9-27,29-30H,1-8H3. The van der Waals surface area contributed by atoms with Crippen molar-refractivity contribution in [3.05, 3.63) is 154 Å². The fraction of sp³-hybridized carbons (Fsp3) is 0.240. The summed E-state index contributed by atoms with van der Waals surface area (Å²) in [5, 5.41) is 9.71. The van der Waals surface area contributed by atoms with E-state index in [-0.39, 0.29) is 10.8 Å². The molecular formula is C50H45N3. The molecule has 0 fully saturated rings. The second-order valence-electron chi connectivity index (χ2n) is 16.7. The molecule has 0 radical (unpaired) electrons. The Morgan fingerprint density at radius 2 is 1.17 bits per heavy atom. The van der Waals surface area contributed by atoms with Gasteiger partial charge in [-0.3, -0.25) is 4.57 Å². The van der Waals surface area contributed by atoms with Crippen LogP contribution in [0.5, 0.6) is 0 Å². The lowest BCUT2D eigenvalue weighted by Gasteiger charge is -2.27. The molecule has 0 unspecified atom stereocenters. The smallest absolute Gasteiger partial charge is 0.146 e. The van der Waals surface area contributed by atoms with Gasteiger partial charge >= 0.3 is 0 Å². The summed E-state index contributed by atoms with van der Waals surface area (Å²) < 4.78 is 2.48. The molecule has 0 spiro atoms. The lowest BCUT2D eigenvalue weighted by Crippen LogP contribution is -2.18. The molecule has 0 saturated heterocycles. The van der Waals surface area contributed by atoms with E-state index in [1.807, 2.05) is 6.07 Å². The van der Waals surface area contributed by atoms with Gasteiger partial charge in [0.1, 0.15) is 5.82 Å². The predicted molar refractivity (Wildman–Crippen MR) is 220 cm³/mol. The molecule has 6 aromatic carbocycles. The van der Waals surface area contributed by atoms with Crippen molar-refractivity contribution in [3.8, 4) is 56.5 Å². The highest BCUT2D eigenvalue weighted by Crippen LogP contribution is 2.58. The topological polar surface area (TPSA) is 41.6 Å². The molecule has 2 aliphatic rings. The first-order valence-corrected chi connectivity index (χ1v) is 19.0. The summed E-state index contributed by atoms with van der Waals surface area (Å²) in [6.45, 7) is 18.6. The van der Waals surface area contributed by atoms with E-state index in [9.17, 15) is 5.26 Å². The number of hydrogen-bond acceptors (Lipinski definition) is 2. The van der Waals surface area contributed by atoms with Crippen molar-refractivity contribution in [2.75, 3.05) is 0 Å². The maximum absolute atomic E-state index is 9.71. The SMILES string of the molecule is CC(C)c1cc(-c2ccccc2)cc(C(C)C)c1-n1c(-c2cccc3c2C(C)(C)c2cc4c(cc2-3)C(C)(C)c2cc(C#N)ccc2-4)nc2ccccc21. The molecule has 0 bridgehead atoms. The fourth-order valence-corrected chi connectivity index (χ4v) is 9.41. The van der Waals surface area contributed by atoms with Gasteiger partial charge in [0.15, 0.2) is 0 Å². The number of rotatable bonds is 5. The molecule has 0 N–H and O–H groups in total. The van der Waals surface area contributed by atoms with E-state index in [2.05, 4.69) is 175 Å². The maximum atomic E-state index is 9.71. The Morgan fingerprint density at radius 1 is 0.566 bits per heavy atom. The first kappa shape index (κ1) is 33.1. The third-order valence-corrected chi connectivity index (χ3v) is 12.1. The Balaban J connectivity index is 1.31. The van der Waals surface area contributed by atoms with E-state index in [1.165, 1.54) is 78.0 Å². The fourth-order valence-electron chi connectivity index (χ4n) is 9.41. The van der Waals surface area contributed by atoms with E-state index in [1.54, 1.807) is 0 Å². The second-order valence-corrected chi connectivity index (χ2v) is 16.7. The second kappa shape index (κ2) is 11.6. The van der Waals surface area contributed by atoms with E-state index in [0.29, 0.717) is 17.4 Å². The lowest BCUT2D eigenvalue weighted by molar-refractivity contribution is 0.652. The number of benzene rings is 6. The van der Waals surface area contributed by atoms with Crippen LogP contribution in [0.1, 0.15) is 106 Å². The summed E-state index contributed by atoms with van der Waals surface area (Å²) in [6, 6.07) is 44.5. The Kier molecular flexibility index (Phi) is 7.28. The molecule has 9 rings (SSSR count). The third-order valence-electron chi connectivity index (χ3n) is 12.1. The van der Waals surface area contributed by atoms with Crippen LogP contribution in [0.4, 0.5) is 0 Å². The minimum Gasteiger partial charge on any atom is -0.292 e. The Hall–Kier alpha value is -5.72. The van der Waals surface area contributed by atoms with Crippen molar-refractivity contribution >= 4 is 11.0 Å². The third kappa shape index (κ3) is 4.75. The quantitative estimate of drug-likeness (QED) is 0.181. The molecule has 1 heterocycles. The minimum atomic E-state index is -0.280. The van der Waals surface area contributed by atoms with Crippen LogP contribution in [0.3, 0.4) is 0 Å². The summed E-state index contributed by atoms with van der Waals surface area (Å²) in [4.78, 5) is 5.51. The summed E-state index contributed by atoms with van der Waals surface area (Å²) in [7, 11) is 0. The molecule has 7 aromatic rings. The molecule has 53 heavy (non-hydrogen) atoms. The van der Waals surface area contributed by atoms with Gasteiger partial charge in [-0.15, -0.1) is 0 Å². The van der Waals surface area contributed by atoms with Crippen LogP contribution in [0.15, 0.2) is 115 Å². The van der Waals surface area contributed by atoms with Crippen molar-refractivity contribution in [1.82, 2.24) is 9.55 Å². The average Bonchev–Trinajstić information content (AvgIpc) is 3.73. The van der Waals surface area contributed by atoms with Crippen LogP contribution in [0, 0.1) is 11.3 Å². The van der Waals surface area contributed by atoms with Gasteiger partial charge in [-0.25, -0.2) is 4.98 Å². The molecule has 2 aliphatic carbocycles. The van der Waals surface area contributed by atoms with E-state index in [0.717, 1.165) is 16.9 Å². The zero-order chi connectivity index (χ0) is 37.0. The molecule has 0 amide bonds. The van der Waals surface area contributed by atoms with E-state index in [4.69, 9.17) is 4.98 Å². The first-order valence-electron chi connectivity index (χ1n) is 19.0. The Labute approximate surface area is 313 Å². The highest BCUT2D eigenvalue weighted by Gasteiger charge is 2.43. The molecule has 3 heteroatoms. The predicted octanol–water partition coefficient (Wildman–Crippen LogP) is 13.1. The van der Waals surface area contributed by atoms with Gasteiger partial charge in [-0.1, -0.05) is 122 Å². The molecule has 3 nitrogen and oxygen atoms in total. The van der Waals surface area contributed by atoms with Crippen LogP contribution in [-0.2, 0) is 10.8 Å². The first-order chi connectivity index (χ1) is 25.4. The van der Waals surface area contributed by atoms with Crippen LogP contribution in [0.25, 0.3) is 61.5 Å². The van der Waals surface area contributed by atoms with Crippen molar-refractivity contribution in [3.63, 3.8) is 0 Å². The molecular weight excluding hydrogens is 643 g/mol. The van der Waals surface area contributed by atoms with Crippen molar-refractivity contribution in [2.24, 2.45) is 0 Å². The Bertz CT molecular complexity index is 2650. The van der Waals surface area contributed by atoms with Gasteiger partial charge in [0.25, 0.3) is 0 Å². The summed E-state index contributed by atoms with van der Waals surface area (Å²) in [5.41, 5.74) is 20.2. The van der Waals surface area contributed by atoms with Gasteiger partial charge in [-0.2, -0.15) is 5.26 Å². The highest BCUT2D eigenvalue weighted by molar-refractivity contribution is 5.94. The largest absolute Gasteiger partial charge is 0.292 e. The lowest BCUT2D eigenvalue weighted by atomic mass is 9.78. The summed E-state index contributed by atoms with van der Waals surface area (Å²) in [6.07, 6.45) is 0. The van der Waals surface area contributed by atoms with Crippen molar-refractivity contribution < 1.29 is 0 Å². The van der Waals surface area contributed by atoms with Crippen LogP contribution < -0.4 is 0 Å². The van der Waals surface area contributed by atoms with E-state index < -0.39 is 0 Å². The number of fused-ring (bicyclic) bond motifs is 7. The molecule has 0 aliphatic heterocycles. The van der Waals surface area contributed by atoms with Crippen molar-refractivity contribution in [1.29, 1.82) is 5.26 Å². The molecule has 1 aromatic heterocycles. The maximum Gasteiger partial charge on any atom is 0.146 e. The molecule has 0 atom stereocenters. The average molecular weight is 688 g/mol. The number of hydrogen-bond donors (Lipinski definition) is 0. The van der Waals surface area contributed by atoms with Crippen LogP contribution in [0.2, 0.25) is 0 Å². The minimum absolute atomic E-state index is 0.211. The molecule has 260 valence electrons. The number of nitrogens with zero attached hydrogens (tertiary/aromatic N) is 3. The monoisotopic (exact) mass is 687 g/mol. The van der Waals surface area contributed by atoms with Gasteiger partial charge in [-0.05, 0) is 127 Å². The van der Waals surface area contributed by atoms with E-state index >= 15 is 0 Å². The summed E-state index contributed by atoms with van der Waals surface area (Å²) >= 11 is 0. The van der Waals surface area contributed by atoms with Gasteiger partial charge in [0.2, 0.25) is 0 Å². The number of nitriles is 1. The van der Waals surface area contributed by atoms with Gasteiger partial charge < -0.3 is 0 Å². The molecule has 0 saturated carbocycles. The van der Waals surface area contributed by atoms with Gasteiger partial charge in [0.05, 0.1) is 28.4 Å². The van der Waals surface area contributed by atoms with Gasteiger partial charge in [0, 0.05) is 16.4 Å². The summed E-state index contributed by atoms with van der Waals surface area (Å²) in [5.74, 6) is 1.57. The number of para-hydroxylation sites is 2. The zero-order valence-electron chi connectivity index (χ0n) is 32.0. The normalized spacial score (nSPS) is 14.7. The van der Waals surface area contributed by atoms with Crippen molar-refractivity contribution in [2.45, 2.75) is 78.1 Å². The van der Waals surface area contributed by atoms with Crippen LogP contribution in [-0.4, -0.2) is 9.55 Å². The zero-order valence-corrected chi connectivity index (χ0v) is 32.0. The van der Waals surface area contributed by atoms with Crippen LogP contribution >= 0.6 is 0 Å². The Morgan fingerprint density at radius 3 is 1.85 bits per heavy atom. The highest BCUT2D eigenvalue weighted by atomic mass is 15.1. The number of aromatic nitrogens is 2.